The first-order chi connectivity index (χ1) is 11.8. The van der Waals surface area contributed by atoms with E-state index in [1.54, 1.807) is 36.4 Å². The van der Waals surface area contributed by atoms with Gasteiger partial charge in [0.05, 0.1) is 11.4 Å². The minimum atomic E-state index is -3.45. The van der Waals surface area contributed by atoms with E-state index >= 15 is 0 Å². The third kappa shape index (κ3) is 5.19. The van der Waals surface area contributed by atoms with E-state index in [1.165, 1.54) is 26.2 Å². The number of hydrogen-bond acceptors (Lipinski definition) is 4. The highest BCUT2D eigenvalue weighted by molar-refractivity contribution is 7.89. The number of sulfonamides is 1. The van der Waals surface area contributed by atoms with Crippen LogP contribution in [0.3, 0.4) is 0 Å². The molecule has 0 aliphatic heterocycles. The Balaban J connectivity index is 1.82. The van der Waals surface area contributed by atoms with Crippen molar-refractivity contribution in [3.8, 4) is 5.75 Å². The molecule has 25 heavy (non-hydrogen) atoms. The van der Waals surface area contributed by atoms with Gasteiger partial charge in [0.15, 0.2) is 0 Å². The smallest absolute Gasteiger partial charge is 0.251 e. The van der Waals surface area contributed by atoms with Crippen LogP contribution >= 0.6 is 11.6 Å². The lowest BCUT2D eigenvalue weighted by Crippen LogP contribution is -2.28. The first kappa shape index (κ1) is 19.2. The highest BCUT2D eigenvalue weighted by Gasteiger charge is 2.16. The zero-order valence-corrected chi connectivity index (χ0v) is 15.5. The van der Waals surface area contributed by atoms with Crippen LogP contribution in [-0.2, 0) is 10.0 Å². The van der Waals surface area contributed by atoms with E-state index in [2.05, 4.69) is 5.32 Å². The number of nitrogens with zero attached hydrogens (tertiary/aromatic N) is 1. The van der Waals surface area contributed by atoms with Gasteiger partial charge in [0.2, 0.25) is 10.0 Å². The van der Waals surface area contributed by atoms with Gasteiger partial charge in [-0.1, -0.05) is 11.6 Å². The monoisotopic (exact) mass is 382 g/mol. The Hall–Kier alpha value is -2.09. The van der Waals surface area contributed by atoms with Crippen LogP contribution in [0.2, 0.25) is 5.02 Å². The zero-order chi connectivity index (χ0) is 18.4. The Labute approximate surface area is 152 Å². The van der Waals surface area contributed by atoms with Crippen molar-refractivity contribution in [2.45, 2.75) is 4.90 Å². The van der Waals surface area contributed by atoms with Crippen molar-refractivity contribution < 1.29 is 17.9 Å². The molecule has 0 spiro atoms. The molecule has 0 aliphatic rings. The van der Waals surface area contributed by atoms with E-state index in [1.807, 2.05) is 0 Å². The number of ether oxygens (including phenoxy) is 1. The fourth-order valence-electron chi connectivity index (χ4n) is 1.96. The van der Waals surface area contributed by atoms with E-state index < -0.39 is 10.0 Å². The second kappa shape index (κ2) is 8.33. The number of amides is 1. The second-order valence-electron chi connectivity index (χ2n) is 5.37. The molecule has 1 N–H and O–H groups in total. The number of halogens is 1. The van der Waals surface area contributed by atoms with Crippen molar-refractivity contribution in [2.24, 2.45) is 0 Å². The molecule has 134 valence electrons. The summed E-state index contributed by atoms with van der Waals surface area (Å²) in [4.78, 5) is 12.1. The lowest BCUT2D eigenvalue weighted by Gasteiger charge is -2.12. The quantitative estimate of drug-likeness (QED) is 0.746. The summed E-state index contributed by atoms with van der Waals surface area (Å²) in [6, 6.07) is 12.7. The third-order valence-electron chi connectivity index (χ3n) is 3.37. The van der Waals surface area contributed by atoms with Crippen LogP contribution in [-0.4, -0.2) is 45.9 Å². The van der Waals surface area contributed by atoms with Crippen LogP contribution in [0, 0.1) is 0 Å². The number of carbonyl (C=O) groups excluding carboxylic acids is 1. The van der Waals surface area contributed by atoms with Crippen LogP contribution in [0.25, 0.3) is 0 Å². The van der Waals surface area contributed by atoms with Gasteiger partial charge in [-0.3, -0.25) is 4.79 Å². The van der Waals surface area contributed by atoms with E-state index in [4.69, 9.17) is 16.3 Å². The Morgan fingerprint density at radius 2 is 1.68 bits per heavy atom. The van der Waals surface area contributed by atoms with Gasteiger partial charge in [-0.05, 0) is 48.5 Å². The Morgan fingerprint density at radius 1 is 1.08 bits per heavy atom. The Kier molecular flexibility index (Phi) is 6.41. The minimum Gasteiger partial charge on any atom is -0.492 e. The van der Waals surface area contributed by atoms with Gasteiger partial charge in [-0.15, -0.1) is 0 Å². The first-order valence-corrected chi connectivity index (χ1v) is 9.31. The highest BCUT2D eigenvalue weighted by Crippen LogP contribution is 2.18. The minimum absolute atomic E-state index is 0.195. The molecule has 8 heteroatoms. The molecule has 6 nitrogen and oxygen atoms in total. The number of rotatable bonds is 7. The maximum Gasteiger partial charge on any atom is 0.251 e. The second-order valence-corrected chi connectivity index (χ2v) is 7.96. The summed E-state index contributed by atoms with van der Waals surface area (Å²) >= 11 is 5.78. The van der Waals surface area contributed by atoms with Crippen molar-refractivity contribution in [3.63, 3.8) is 0 Å². The molecule has 0 atom stereocenters. The van der Waals surface area contributed by atoms with Gasteiger partial charge in [0.1, 0.15) is 12.4 Å². The van der Waals surface area contributed by atoms with E-state index in [0.717, 1.165) is 4.31 Å². The van der Waals surface area contributed by atoms with E-state index in [-0.39, 0.29) is 17.4 Å². The molecule has 0 saturated heterocycles. The third-order valence-corrected chi connectivity index (χ3v) is 5.45. The molecular weight excluding hydrogens is 364 g/mol. The summed E-state index contributed by atoms with van der Waals surface area (Å²) in [6.07, 6.45) is 0. The summed E-state index contributed by atoms with van der Waals surface area (Å²) in [5.41, 5.74) is 0.516. The van der Waals surface area contributed by atoms with Crippen LogP contribution in [0.1, 0.15) is 10.4 Å². The SMILES string of the molecule is CN(C)S(=O)(=O)c1ccc(OCCNC(=O)c2ccc(Cl)cc2)cc1. The average Bonchev–Trinajstić information content (AvgIpc) is 2.59. The van der Waals surface area contributed by atoms with Crippen LogP contribution in [0.15, 0.2) is 53.4 Å². The molecule has 2 rings (SSSR count). The van der Waals surface area contributed by atoms with Gasteiger partial charge in [0, 0.05) is 24.7 Å². The number of carbonyl (C=O) groups is 1. The van der Waals surface area contributed by atoms with Crippen molar-refractivity contribution in [1.29, 1.82) is 0 Å². The molecule has 0 aliphatic carbocycles. The number of hydrogen-bond donors (Lipinski definition) is 1. The van der Waals surface area contributed by atoms with Crippen LogP contribution in [0.4, 0.5) is 0 Å². The zero-order valence-electron chi connectivity index (χ0n) is 13.9. The lowest BCUT2D eigenvalue weighted by molar-refractivity contribution is 0.0947. The summed E-state index contributed by atoms with van der Waals surface area (Å²) < 4.78 is 30.6. The first-order valence-electron chi connectivity index (χ1n) is 7.50. The standard InChI is InChI=1S/C17H19ClN2O4S/c1-20(2)25(22,23)16-9-7-15(8-10-16)24-12-11-19-17(21)13-3-5-14(18)6-4-13/h3-10H,11-12H2,1-2H3,(H,19,21). The maximum atomic E-state index is 12.0. The predicted molar refractivity (Wildman–Crippen MR) is 96.6 cm³/mol. The summed E-state index contributed by atoms with van der Waals surface area (Å²) in [5.74, 6) is 0.311. The highest BCUT2D eigenvalue weighted by atomic mass is 35.5. The van der Waals surface area contributed by atoms with Gasteiger partial charge in [-0.2, -0.15) is 0 Å². The van der Waals surface area contributed by atoms with Gasteiger partial charge >= 0.3 is 0 Å². The molecule has 2 aromatic carbocycles. The predicted octanol–water partition coefficient (Wildman–Crippen LogP) is 2.40. The summed E-state index contributed by atoms with van der Waals surface area (Å²) in [6.45, 7) is 0.582. The van der Waals surface area contributed by atoms with E-state index in [9.17, 15) is 13.2 Å². The molecule has 0 unspecified atom stereocenters. The fourth-order valence-corrected chi connectivity index (χ4v) is 2.98. The topological polar surface area (TPSA) is 75.7 Å². The van der Waals surface area contributed by atoms with Crippen molar-refractivity contribution in [1.82, 2.24) is 9.62 Å². The number of nitrogens with one attached hydrogen (secondary N) is 1. The molecule has 0 radical (unpaired) electrons. The van der Waals surface area contributed by atoms with Gasteiger partial charge in [-0.25, -0.2) is 12.7 Å². The van der Waals surface area contributed by atoms with Crippen molar-refractivity contribution in [2.75, 3.05) is 27.2 Å². The number of benzene rings is 2. The summed E-state index contributed by atoms with van der Waals surface area (Å²) in [7, 11) is -0.502. The lowest BCUT2D eigenvalue weighted by atomic mass is 10.2. The molecule has 0 saturated carbocycles. The molecule has 0 bridgehead atoms. The summed E-state index contributed by atoms with van der Waals surface area (Å²) in [5, 5.41) is 3.30. The van der Waals surface area contributed by atoms with Crippen molar-refractivity contribution in [3.05, 3.63) is 59.1 Å². The largest absolute Gasteiger partial charge is 0.492 e. The molecule has 0 aromatic heterocycles. The maximum absolute atomic E-state index is 12.0. The van der Waals surface area contributed by atoms with E-state index in [0.29, 0.717) is 22.9 Å². The molecule has 2 aromatic rings. The Bertz CT molecular complexity index is 819. The fraction of sp³-hybridized carbons (Fsp3) is 0.235. The molecular formula is C17H19ClN2O4S. The normalized spacial score (nSPS) is 11.4. The van der Waals surface area contributed by atoms with Gasteiger partial charge in [0.25, 0.3) is 5.91 Å². The molecule has 0 fully saturated rings. The molecule has 1 amide bonds. The van der Waals surface area contributed by atoms with Crippen LogP contribution < -0.4 is 10.1 Å². The average molecular weight is 383 g/mol. The molecule has 0 heterocycles. The van der Waals surface area contributed by atoms with Crippen molar-refractivity contribution >= 4 is 27.5 Å². The Morgan fingerprint density at radius 3 is 2.24 bits per heavy atom. The van der Waals surface area contributed by atoms with Gasteiger partial charge < -0.3 is 10.1 Å². The van der Waals surface area contributed by atoms with Crippen LogP contribution in [0.5, 0.6) is 5.75 Å².